The van der Waals surface area contributed by atoms with E-state index in [2.05, 4.69) is 16.3 Å². The number of carbonyl (C=O) groups is 1. The fourth-order valence-corrected chi connectivity index (χ4v) is 3.96. The van der Waals surface area contributed by atoms with Crippen molar-refractivity contribution in [2.24, 2.45) is 0 Å². The highest BCUT2D eigenvalue weighted by Gasteiger charge is 2.32. The lowest BCUT2D eigenvalue weighted by molar-refractivity contribution is -0.147. The molecule has 21 heavy (non-hydrogen) atoms. The fourth-order valence-electron chi connectivity index (χ4n) is 2.76. The first kappa shape index (κ1) is 14.6. The molecule has 0 bridgehead atoms. The van der Waals surface area contributed by atoms with Gasteiger partial charge in [0.1, 0.15) is 6.04 Å². The van der Waals surface area contributed by atoms with Crippen LogP contribution in [0, 0.1) is 0 Å². The number of nitrogens with zero attached hydrogens (tertiary/aromatic N) is 1. The molecule has 0 aliphatic carbocycles. The van der Waals surface area contributed by atoms with Crippen LogP contribution in [-0.4, -0.2) is 24.5 Å². The molecule has 0 saturated heterocycles. The second kappa shape index (κ2) is 6.18. The summed E-state index contributed by atoms with van der Waals surface area (Å²) in [5, 5.41) is 2.71. The molecule has 0 N–H and O–H groups in total. The normalized spacial score (nSPS) is 16.3. The molecule has 0 amide bonds. The standard InChI is InChI=1S/C16H16ClNO2S/c1-20-16(19)15(12-4-2-3-5-13(12)17)18-8-6-11-7-9-21-14(11)10-18/h2-5,7,9,15H,6,8,10H2,1H3. The predicted octanol–water partition coefficient (Wildman–Crippen LogP) is 3.67. The van der Waals surface area contributed by atoms with E-state index in [1.807, 2.05) is 24.3 Å². The van der Waals surface area contributed by atoms with Crippen LogP contribution in [-0.2, 0) is 22.5 Å². The Morgan fingerprint density at radius 2 is 2.19 bits per heavy atom. The summed E-state index contributed by atoms with van der Waals surface area (Å²) >= 11 is 8.02. The molecule has 2 aromatic rings. The monoisotopic (exact) mass is 321 g/mol. The summed E-state index contributed by atoms with van der Waals surface area (Å²) in [6.45, 7) is 1.59. The highest BCUT2D eigenvalue weighted by Crippen LogP contribution is 2.34. The van der Waals surface area contributed by atoms with E-state index < -0.39 is 6.04 Å². The van der Waals surface area contributed by atoms with E-state index in [0.29, 0.717) is 5.02 Å². The average molecular weight is 322 g/mol. The van der Waals surface area contributed by atoms with E-state index in [0.717, 1.165) is 25.1 Å². The Labute approximate surface area is 133 Å². The van der Waals surface area contributed by atoms with Crippen molar-refractivity contribution in [3.8, 4) is 0 Å². The maximum atomic E-state index is 12.3. The van der Waals surface area contributed by atoms with Crippen LogP contribution in [0.25, 0.3) is 0 Å². The minimum Gasteiger partial charge on any atom is -0.468 e. The second-order valence-electron chi connectivity index (χ2n) is 5.04. The molecule has 5 heteroatoms. The molecule has 0 radical (unpaired) electrons. The van der Waals surface area contributed by atoms with Crippen LogP contribution in [0.2, 0.25) is 5.02 Å². The SMILES string of the molecule is COC(=O)C(c1ccccc1Cl)N1CCc2ccsc2C1. The van der Waals surface area contributed by atoms with Gasteiger partial charge in [-0.05, 0) is 35.1 Å². The number of halogens is 1. The number of hydrogen-bond donors (Lipinski definition) is 0. The molecule has 3 nitrogen and oxygen atoms in total. The van der Waals surface area contributed by atoms with Gasteiger partial charge < -0.3 is 4.74 Å². The quantitative estimate of drug-likeness (QED) is 0.808. The van der Waals surface area contributed by atoms with E-state index in [-0.39, 0.29) is 5.97 Å². The molecule has 0 spiro atoms. The van der Waals surface area contributed by atoms with Crippen LogP contribution in [0.4, 0.5) is 0 Å². The van der Waals surface area contributed by atoms with Crippen molar-refractivity contribution in [2.45, 2.75) is 19.0 Å². The molecule has 2 heterocycles. The molecule has 1 aliphatic rings. The van der Waals surface area contributed by atoms with Crippen LogP contribution in [0.15, 0.2) is 35.7 Å². The third-order valence-corrected chi connectivity index (χ3v) is 5.13. The van der Waals surface area contributed by atoms with E-state index in [1.165, 1.54) is 17.6 Å². The molecule has 3 rings (SSSR count). The zero-order chi connectivity index (χ0) is 14.8. The first-order valence-corrected chi connectivity index (χ1v) is 8.08. The Morgan fingerprint density at radius 1 is 1.38 bits per heavy atom. The number of carbonyl (C=O) groups excluding carboxylic acids is 1. The van der Waals surface area contributed by atoms with Crippen molar-refractivity contribution < 1.29 is 9.53 Å². The molecule has 1 atom stereocenters. The third kappa shape index (κ3) is 2.84. The lowest BCUT2D eigenvalue weighted by Crippen LogP contribution is -2.38. The van der Waals surface area contributed by atoms with E-state index in [1.54, 1.807) is 11.3 Å². The lowest BCUT2D eigenvalue weighted by Gasteiger charge is -2.33. The number of benzene rings is 1. The molecule has 0 saturated carbocycles. The number of fused-ring (bicyclic) bond motifs is 1. The highest BCUT2D eigenvalue weighted by molar-refractivity contribution is 7.10. The third-order valence-electron chi connectivity index (χ3n) is 3.84. The van der Waals surface area contributed by atoms with Gasteiger partial charge in [0.05, 0.1) is 7.11 Å². The molecular formula is C16H16ClNO2S. The van der Waals surface area contributed by atoms with Gasteiger partial charge >= 0.3 is 5.97 Å². The summed E-state index contributed by atoms with van der Waals surface area (Å²) < 4.78 is 5.01. The summed E-state index contributed by atoms with van der Waals surface area (Å²) in [5.74, 6) is -0.261. The molecule has 1 aromatic carbocycles. The van der Waals surface area contributed by atoms with E-state index >= 15 is 0 Å². The van der Waals surface area contributed by atoms with Gasteiger partial charge in [0.15, 0.2) is 0 Å². The lowest BCUT2D eigenvalue weighted by atomic mass is 10.0. The molecule has 1 unspecified atom stereocenters. The van der Waals surface area contributed by atoms with Gasteiger partial charge in [0, 0.05) is 23.0 Å². The zero-order valence-electron chi connectivity index (χ0n) is 11.7. The van der Waals surface area contributed by atoms with E-state index in [9.17, 15) is 4.79 Å². The summed E-state index contributed by atoms with van der Waals surface area (Å²) in [5.41, 5.74) is 2.20. The first-order valence-electron chi connectivity index (χ1n) is 6.82. The second-order valence-corrected chi connectivity index (χ2v) is 6.44. The molecule has 1 aromatic heterocycles. The topological polar surface area (TPSA) is 29.5 Å². The van der Waals surface area contributed by atoms with Gasteiger partial charge in [0.25, 0.3) is 0 Å². The van der Waals surface area contributed by atoms with Gasteiger partial charge in [-0.3, -0.25) is 4.90 Å². The zero-order valence-corrected chi connectivity index (χ0v) is 13.3. The fraction of sp³-hybridized carbons (Fsp3) is 0.312. The van der Waals surface area contributed by atoms with Crippen molar-refractivity contribution in [2.75, 3.05) is 13.7 Å². The van der Waals surface area contributed by atoms with Gasteiger partial charge in [-0.25, -0.2) is 4.79 Å². The molecule has 1 aliphatic heterocycles. The van der Waals surface area contributed by atoms with Crippen LogP contribution in [0.1, 0.15) is 22.0 Å². The minimum atomic E-state index is -0.445. The average Bonchev–Trinajstić information content (AvgIpc) is 2.97. The Balaban J connectivity index is 1.94. The summed E-state index contributed by atoms with van der Waals surface area (Å²) in [4.78, 5) is 15.8. The van der Waals surface area contributed by atoms with Crippen molar-refractivity contribution in [3.63, 3.8) is 0 Å². The number of hydrogen-bond acceptors (Lipinski definition) is 4. The number of methoxy groups -OCH3 is 1. The molecule has 0 fully saturated rings. The maximum absolute atomic E-state index is 12.3. The number of ether oxygens (including phenoxy) is 1. The number of rotatable bonds is 3. The number of thiophene rings is 1. The van der Waals surface area contributed by atoms with Crippen molar-refractivity contribution in [1.82, 2.24) is 4.90 Å². The Morgan fingerprint density at radius 3 is 2.95 bits per heavy atom. The van der Waals surface area contributed by atoms with Crippen molar-refractivity contribution >= 4 is 28.9 Å². The van der Waals surface area contributed by atoms with Crippen LogP contribution < -0.4 is 0 Å². The van der Waals surface area contributed by atoms with Gasteiger partial charge in [-0.1, -0.05) is 29.8 Å². The van der Waals surface area contributed by atoms with Crippen LogP contribution in [0.5, 0.6) is 0 Å². The first-order chi connectivity index (χ1) is 10.2. The molecular weight excluding hydrogens is 306 g/mol. The number of esters is 1. The minimum absolute atomic E-state index is 0.261. The largest absolute Gasteiger partial charge is 0.468 e. The van der Waals surface area contributed by atoms with Crippen LogP contribution >= 0.6 is 22.9 Å². The smallest absolute Gasteiger partial charge is 0.327 e. The van der Waals surface area contributed by atoms with Gasteiger partial charge in [0.2, 0.25) is 0 Å². The van der Waals surface area contributed by atoms with Crippen molar-refractivity contribution in [3.05, 3.63) is 56.7 Å². The Bertz CT molecular complexity index is 655. The molecule has 110 valence electrons. The predicted molar refractivity (Wildman–Crippen MR) is 84.6 cm³/mol. The Kier molecular flexibility index (Phi) is 4.29. The Hall–Kier alpha value is -1.36. The van der Waals surface area contributed by atoms with Gasteiger partial charge in [-0.15, -0.1) is 11.3 Å². The van der Waals surface area contributed by atoms with Crippen molar-refractivity contribution in [1.29, 1.82) is 0 Å². The van der Waals surface area contributed by atoms with Gasteiger partial charge in [-0.2, -0.15) is 0 Å². The van der Waals surface area contributed by atoms with Crippen LogP contribution in [0.3, 0.4) is 0 Å². The van der Waals surface area contributed by atoms with E-state index in [4.69, 9.17) is 16.3 Å². The maximum Gasteiger partial charge on any atom is 0.327 e. The summed E-state index contributed by atoms with van der Waals surface area (Å²) in [6, 6.07) is 9.20. The highest BCUT2D eigenvalue weighted by atomic mass is 35.5. The summed E-state index contributed by atoms with van der Waals surface area (Å²) in [6.07, 6.45) is 0.955. The summed E-state index contributed by atoms with van der Waals surface area (Å²) in [7, 11) is 1.42.